The fraction of sp³-hybridized carbons (Fsp3) is 0.500. The Labute approximate surface area is 132 Å². The number of piperidine rings is 1. The van der Waals surface area contributed by atoms with Crippen LogP contribution in [0, 0.1) is 5.41 Å². The van der Waals surface area contributed by atoms with E-state index in [4.69, 9.17) is 9.47 Å². The first-order chi connectivity index (χ1) is 10.5. The number of hydrogen-bond donors (Lipinski definition) is 0. The molecule has 0 unspecified atom stereocenters. The molecule has 22 heavy (non-hydrogen) atoms. The highest BCUT2D eigenvalue weighted by Gasteiger charge is 2.35. The zero-order valence-corrected chi connectivity index (χ0v) is 13.6. The highest BCUT2D eigenvalue weighted by Crippen LogP contribution is 2.34. The molecular weight excluding hydrogens is 278 g/mol. The van der Waals surface area contributed by atoms with Crippen LogP contribution in [0.5, 0.6) is 0 Å². The molecule has 120 valence electrons. The predicted molar refractivity (Wildman–Crippen MR) is 86.3 cm³/mol. The minimum atomic E-state index is -0.259. The van der Waals surface area contributed by atoms with Gasteiger partial charge in [-0.05, 0) is 29.9 Å². The summed E-state index contributed by atoms with van der Waals surface area (Å²) in [5.41, 5.74) is 1.22. The second-order valence-electron chi connectivity index (χ2n) is 6.48. The number of rotatable bonds is 4. The van der Waals surface area contributed by atoms with Crippen molar-refractivity contribution < 1.29 is 14.3 Å². The van der Waals surface area contributed by atoms with Gasteiger partial charge in [0.15, 0.2) is 0 Å². The molecule has 0 aliphatic carbocycles. The van der Waals surface area contributed by atoms with Crippen molar-refractivity contribution in [3.05, 3.63) is 48.2 Å². The first-order valence-corrected chi connectivity index (χ1v) is 7.69. The van der Waals surface area contributed by atoms with Crippen molar-refractivity contribution in [1.29, 1.82) is 0 Å². The van der Waals surface area contributed by atoms with Crippen LogP contribution in [0.2, 0.25) is 0 Å². The molecule has 0 radical (unpaired) electrons. The molecule has 4 nitrogen and oxygen atoms in total. The molecule has 1 fully saturated rings. The molecule has 0 spiro atoms. The van der Waals surface area contributed by atoms with Crippen LogP contribution < -0.4 is 0 Å². The van der Waals surface area contributed by atoms with Crippen LogP contribution in [-0.2, 0) is 16.1 Å². The van der Waals surface area contributed by atoms with Crippen molar-refractivity contribution >= 4 is 6.09 Å². The van der Waals surface area contributed by atoms with E-state index in [0.717, 1.165) is 18.4 Å². The van der Waals surface area contributed by atoms with E-state index in [1.807, 2.05) is 36.4 Å². The van der Waals surface area contributed by atoms with Crippen LogP contribution in [0.15, 0.2) is 42.7 Å². The van der Waals surface area contributed by atoms with E-state index in [-0.39, 0.29) is 17.6 Å². The van der Waals surface area contributed by atoms with Gasteiger partial charge in [0.2, 0.25) is 0 Å². The molecule has 2 rings (SSSR count). The molecule has 0 aromatic heterocycles. The number of carbonyl (C=O) groups is 1. The zero-order chi connectivity index (χ0) is 16.0. The molecule has 1 aromatic carbocycles. The highest BCUT2D eigenvalue weighted by atomic mass is 16.6. The third kappa shape index (κ3) is 4.52. The van der Waals surface area contributed by atoms with E-state index in [0.29, 0.717) is 13.2 Å². The molecule has 1 heterocycles. The summed E-state index contributed by atoms with van der Waals surface area (Å²) in [6.07, 6.45) is 5.21. The van der Waals surface area contributed by atoms with Crippen LogP contribution >= 0.6 is 0 Å². The number of benzene rings is 1. The average Bonchev–Trinajstić information content (AvgIpc) is 2.51. The third-order valence-electron chi connectivity index (χ3n) is 4.07. The standard InChI is InChI=1S/C18H25NO3/c1-18(2)10-11-19(16(13-18)9-12-21-3)17(20)22-14-15-7-5-4-6-8-15/h4-9,12,16H,10-11,13-14H2,1-3H3/b12-9+/t16-/m0/s1. The third-order valence-corrected chi connectivity index (χ3v) is 4.07. The second kappa shape index (κ2) is 7.34. The topological polar surface area (TPSA) is 38.8 Å². The van der Waals surface area contributed by atoms with Gasteiger partial charge in [0.25, 0.3) is 0 Å². The van der Waals surface area contributed by atoms with Crippen LogP contribution in [0.1, 0.15) is 32.3 Å². The maximum absolute atomic E-state index is 12.4. The summed E-state index contributed by atoms with van der Waals surface area (Å²) < 4.78 is 10.5. The lowest BCUT2D eigenvalue weighted by Gasteiger charge is -2.41. The molecule has 1 aliphatic heterocycles. The summed E-state index contributed by atoms with van der Waals surface area (Å²) in [6, 6.07) is 9.76. The normalized spacial score (nSPS) is 20.9. The molecule has 0 saturated carbocycles. The van der Waals surface area contributed by atoms with Crippen LogP contribution in [-0.4, -0.2) is 30.7 Å². The summed E-state index contributed by atoms with van der Waals surface area (Å²) >= 11 is 0. The maximum Gasteiger partial charge on any atom is 0.410 e. The van der Waals surface area contributed by atoms with Crippen molar-refractivity contribution in [2.45, 2.75) is 39.3 Å². The summed E-state index contributed by atoms with van der Waals surface area (Å²) in [6.45, 7) is 5.47. The van der Waals surface area contributed by atoms with Gasteiger partial charge in [-0.1, -0.05) is 44.2 Å². The molecule has 0 N–H and O–H groups in total. The summed E-state index contributed by atoms with van der Waals surface area (Å²) in [4.78, 5) is 14.2. The molecule has 1 amide bonds. The monoisotopic (exact) mass is 303 g/mol. The Bertz CT molecular complexity index is 510. The molecule has 1 aliphatic rings. The van der Waals surface area contributed by atoms with Gasteiger partial charge >= 0.3 is 6.09 Å². The van der Waals surface area contributed by atoms with E-state index in [1.54, 1.807) is 18.3 Å². The van der Waals surface area contributed by atoms with E-state index >= 15 is 0 Å². The van der Waals surface area contributed by atoms with Crippen molar-refractivity contribution in [2.24, 2.45) is 5.41 Å². The van der Waals surface area contributed by atoms with E-state index in [9.17, 15) is 4.79 Å². The van der Waals surface area contributed by atoms with Gasteiger partial charge < -0.3 is 14.4 Å². The fourth-order valence-corrected chi connectivity index (χ4v) is 2.74. The summed E-state index contributed by atoms with van der Waals surface area (Å²) in [7, 11) is 1.61. The van der Waals surface area contributed by atoms with Gasteiger partial charge in [-0.15, -0.1) is 0 Å². The number of amides is 1. The Hall–Kier alpha value is -1.97. The summed E-state index contributed by atoms with van der Waals surface area (Å²) in [5.74, 6) is 0. The average molecular weight is 303 g/mol. The van der Waals surface area contributed by atoms with E-state index in [2.05, 4.69) is 13.8 Å². The summed E-state index contributed by atoms with van der Waals surface area (Å²) in [5, 5.41) is 0. The first kappa shape index (κ1) is 16.4. The first-order valence-electron chi connectivity index (χ1n) is 7.69. The van der Waals surface area contributed by atoms with Crippen LogP contribution in [0.4, 0.5) is 4.79 Å². The van der Waals surface area contributed by atoms with Gasteiger partial charge in [0.05, 0.1) is 19.4 Å². The second-order valence-corrected chi connectivity index (χ2v) is 6.48. The largest absolute Gasteiger partial charge is 0.505 e. The van der Waals surface area contributed by atoms with Crippen molar-refractivity contribution in [2.75, 3.05) is 13.7 Å². The number of ether oxygens (including phenoxy) is 2. The Balaban J connectivity index is 1.98. The number of likely N-dealkylation sites (tertiary alicyclic amines) is 1. The Kier molecular flexibility index (Phi) is 5.47. The lowest BCUT2D eigenvalue weighted by Crippen LogP contribution is -2.47. The molecular formula is C18H25NO3. The number of carbonyl (C=O) groups excluding carboxylic acids is 1. The molecule has 1 saturated heterocycles. The Morgan fingerprint density at radius 1 is 1.36 bits per heavy atom. The van der Waals surface area contributed by atoms with Gasteiger partial charge in [0, 0.05) is 6.54 Å². The van der Waals surface area contributed by atoms with E-state index < -0.39 is 0 Å². The molecule has 4 heteroatoms. The molecule has 0 bridgehead atoms. The SMILES string of the molecule is CO/C=C/[C@H]1CC(C)(C)CCN1C(=O)OCc1ccccc1. The van der Waals surface area contributed by atoms with Gasteiger partial charge in [-0.2, -0.15) is 0 Å². The quantitative estimate of drug-likeness (QED) is 0.790. The Morgan fingerprint density at radius 3 is 2.77 bits per heavy atom. The minimum absolute atomic E-state index is 0.0203. The van der Waals surface area contributed by atoms with E-state index in [1.165, 1.54) is 0 Å². The van der Waals surface area contributed by atoms with Crippen molar-refractivity contribution in [3.8, 4) is 0 Å². The smallest absolute Gasteiger partial charge is 0.410 e. The van der Waals surface area contributed by atoms with Crippen LogP contribution in [0.3, 0.4) is 0 Å². The number of nitrogens with zero attached hydrogens (tertiary/aromatic N) is 1. The fourth-order valence-electron chi connectivity index (χ4n) is 2.74. The van der Waals surface area contributed by atoms with Gasteiger partial charge in [-0.3, -0.25) is 0 Å². The van der Waals surface area contributed by atoms with Crippen molar-refractivity contribution in [3.63, 3.8) is 0 Å². The minimum Gasteiger partial charge on any atom is -0.505 e. The van der Waals surface area contributed by atoms with Crippen LogP contribution in [0.25, 0.3) is 0 Å². The maximum atomic E-state index is 12.4. The molecule has 1 atom stereocenters. The lowest BCUT2D eigenvalue weighted by molar-refractivity contribution is 0.0524. The highest BCUT2D eigenvalue weighted by molar-refractivity contribution is 5.68. The number of hydrogen-bond acceptors (Lipinski definition) is 3. The predicted octanol–water partition coefficient (Wildman–Crippen LogP) is 3.97. The van der Waals surface area contributed by atoms with Gasteiger partial charge in [-0.25, -0.2) is 4.79 Å². The zero-order valence-electron chi connectivity index (χ0n) is 13.6. The number of methoxy groups -OCH3 is 1. The molecule has 1 aromatic rings. The van der Waals surface area contributed by atoms with Gasteiger partial charge in [0.1, 0.15) is 6.61 Å². The Morgan fingerprint density at radius 2 is 2.09 bits per heavy atom. The van der Waals surface area contributed by atoms with Crippen molar-refractivity contribution in [1.82, 2.24) is 4.90 Å². The lowest BCUT2D eigenvalue weighted by atomic mass is 9.79.